The number of piperidine rings is 1. The summed E-state index contributed by atoms with van der Waals surface area (Å²) in [7, 11) is 0. The minimum absolute atomic E-state index is 0.0796. The lowest BCUT2D eigenvalue weighted by Crippen LogP contribution is -2.45. The van der Waals surface area contributed by atoms with Gasteiger partial charge in [0.05, 0.1) is 0 Å². The zero-order valence-corrected chi connectivity index (χ0v) is 22.0. The molecule has 5 unspecified atom stereocenters. The largest absolute Gasteiger partial charge is 0.485 e. The van der Waals surface area contributed by atoms with Crippen molar-refractivity contribution in [1.29, 1.82) is 0 Å². The summed E-state index contributed by atoms with van der Waals surface area (Å²) in [5.41, 5.74) is 0.482. The molecule has 1 aromatic heterocycles. The van der Waals surface area contributed by atoms with Crippen LogP contribution in [0.5, 0.6) is 11.5 Å². The topological polar surface area (TPSA) is 63.7 Å². The van der Waals surface area contributed by atoms with Crippen molar-refractivity contribution >= 4 is 17.2 Å². The van der Waals surface area contributed by atoms with E-state index in [-0.39, 0.29) is 12.0 Å². The number of hydrogen-bond acceptors (Lipinski definition) is 6. The average molecular weight is 510 g/mol. The number of benzene rings is 1. The summed E-state index contributed by atoms with van der Waals surface area (Å²) in [6.45, 7) is 4.75. The molecule has 5 atom stereocenters. The van der Waals surface area contributed by atoms with Crippen LogP contribution in [-0.2, 0) is 0 Å². The van der Waals surface area contributed by atoms with Gasteiger partial charge in [0.2, 0.25) is 0 Å². The molecule has 3 fully saturated rings. The predicted octanol–water partition coefficient (Wildman–Crippen LogP) is 5.70. The number of thiazole rings is 1. The van der Waals surface area contributed by atoms with Crippen molar-refractivity contribution in [3.8, 4) is 11.5 Å². The predicted molar refractivity (Wildman–Crippen MR) is 142 cm³/mol. The number of rotatable bonds is 6. The van der Waals surface area contributed by atoms with Gasteiger partial charge in [-0.2, -0.15) is 0 Å². The highest BCUT2D eigenvalue weighted by molar-refractivity contribution is 7.09. The van der Waals surface area contributed by atoms with E-state index in [1.54, 1.807) is 0 Å². The third-order valence-corrected chi connectivity index (χ3v) is 9.85. The highest BCUT2D eigenvalue weighted by Crippen LogP contribution is 2.44. The van der Waals surface area contributed by atoms with Gasteiger partial charge in [-0.05, 0) is 68.0 Å². The van der Waals surface area contributed by atoms with Crippen molar-refractivity contribution in [2.24, 2.45) is 23.7 Å². The van der Waals surface area contributed by atoms with Crippen molar-refractivity contribution in [1.82, 2.24) is 15.2 Å². The maximum Gasteiger partial charge on any atom is 0.270 e. The van der Waals surface area contributed by atoms with E-state index < -0.39 is 0 Å². The van der Waals surface area contributed by atoms with E-state index in [1.165, 1.54) is 82.2 Å². The van der Waals surface area contributed by atoms with Gasteiger partial charge < -0.3 is 19.7 Å². The van der Waals surface area contributed by atoms with E-state index >= 15 is 0 Å². The zero-order chi connectivity index (χ0) is 24.3. The van der Waals surface area contributed by atoms with Gasteiger partial charge in [-0.15, -0.1) is 11.3 Å². The molecule has 0 bridgehead atoms. The first-order valence-corrected chi connectivity index (χ1v) is 15.0. The molecule has 4 aliphatic rings. The molecule has 1 aromatic carbocycles. The van der Waals surface area contributed by atoms with Gasteiger partial charge in [0.15, 0.2) is 17.6 Å². The number of amides is 1. The van der Waals surface area contributed by atoms with E-state index in [0.29, 0.717) is 18.2 Å². The summed E-state index contributed by atoms with van der Waals surface area (Å²) in [5, 5.41) is 5.80. The molecule has 2 aromatic rings. The molecule has 7 heteroatoms. The highest BCUT2D eigenvalue weighted by atomic mass is 32.1. The van der Waals surface area contributed by atoms with Crippen molar-refractivity contribution in [2.45, 2.75) is 63.9 Å². The van der Waals surface area contributed by atoms with E-state index in [1.807, 2.05) is 29.6 Å². The standard InChI is InChI=1S/C29H39N3O3S/c33-28(24-19-36-29(31-24)27-18-34-25-12-3-4-13-26(25)35-27)30-15-20-7-6-14-32(16-20)17-22-10-5-9-21-8-1-2-11-23(21)22/h3-4,12-13,19-23,27H,1-2,5-11,14-18H2,(H,30,33). The number of hydrogen-bond donors (Lipinski definition) is 1. The Morgan fingerprint density at radius 1 is 1.06 bits per heavy atom. The van der Waals surface area contributed by atoms with Crippen LogP contribution < -0.4 is 14.8 Å². The van der Waals surface area contributed by atoms with Gasteiger partial charge in [0.1, 0.15) is 17.3 Å². The molecular formula is C29H39N3O3S. The molecular weight excluding hydrogens is 470 g/mol. The first kappa shape index (κ1) is 24.2. The van der Waals surface area contributed by atoms with Crippen LogP contribution in [0.1, 0.15) is 79.4 Å². The minimum atomic E-state index is -0.276. The smallest absolute Gasteiger partial charge is 0.270 e. The maximum absolute atomic E-state index is 12.9. The summed E-state index contributed by atoms with van der Waals surface area (Å²) < 4.78 is 11.9. The van der Waals surface area contributed by atoms with Gasteiger partial charge >= 0.3 is 0 Å². The Kier molecular flexibility index (Phi) is 7.47. The van der Waals surface area contributed by atoms with Gasteiger partial charge in [-0.1, -0.05) is 44.2 Å². The molecule has 194 valence electrons. The second-order valence-corrected chi connectivity index (χ2v) is 12.2. The molecule has 2 saturated carbocycles. The van der Waals surface area contributed by atoms with Crippen LogP contribution in [0.4, 0.5) is 0 Å². The number of para-hydroxylation sites is 2. The molecule has 2 aliphatic heterocycles. The second kappa shape index (κ2) is 11.1. The Labute approximate surface area is 218 Å². The van der Waals surface area contributed by atoms with Crippen LogP contribution in [0.25, 0.3) is 0 Å². The fraction of sp³-hybridized carbons (Fsp3) is 0.655. The van der Waals surface area contributed by atoms with Crippen LogP contribution in [-0.4, -0.2) is 48.6 Å². The van der Waals surface area contributed by atoms with Crippen molar-refractivity contribution in [2.75, 3.05) is 32.8 Å². The fourth-order valence-corrected chi connectivity index (χ4v) is 7.93. The summed E-state index contributed by atoms with van der Waals surface area (Å²) in [6, 6.07) is 7.67. The molecule has 6 nitrogen and oxygen atoms in total. The number of nitrogens with one attached hydrogen (secondary N) is 1. The summed E-state index contributed by atoms with van der Waals surface area (Å²) in [5.74, 6) is 4.79. The third kappa shape index (κ3) is 5.42. The lowest BCUT2D eigenvalue weighted by molar-refractivity contribution is 0.0571. The third-order valence-electron chi connectivity index (χ3n) is 8.91. The summed E-state index contributed by atoms with van der Waals surface area (Å²) >= 11 is 1.46. The number of carbonyl (C=O) groups is 1. The Hall–Kier alpha value is -2.12. The fourth-order valence-electron chi connectivity index (χ4n) is 7.12. The van der Waals surface area contributed by atoms with Crippen molar-refractivity contribution in [3.05, 3.63) is 40.3 Å². The number of fused-ring (bicyclic) bond motifs is 2. The molecule has 1 amide bonds. The lowest BCUT2D eigenvalue weighted by Gasteiger charge is -2.44. The Balaban J connectivity index is 0.990. The first-order chi connectivity index (χ1) is 17.7. The lowest BCUT2D eigenvalue weighted by atomic mass is 9.65. The summed E-state index contributed by atoms with van der Waals surface area (Å²) in [4.78, 5) is 20.2. The van der Waals surface area contributed by atoms with Crippen LogP contribution in [0.2, 0.25) is 0 Å². The number of nitrogens with zero attached hydrogens (tertiary/aromatic N) is 2. The molecule has 6 rings (SSSR count). The van der Waals surface area contributed by atoms with Crippen LogP contribution in [0, 0.1) is 23.7 Å². The Bertz CT molecular complexity index is 1040. The monoisotopic (exact) mass is 509 g/mol. The van der Waals surface area contributed by atoms with Gasteiger partial charge in [0.25, 0.3) is 5.91 Å². The first-order valence-electron chi connectivity index (χ1n) is 14.1. The normalized spacial score (nSPS) is 30.4. The van der Waals surface area contributed by atoms with Gasteiger partial charge in [0, 0.05) is 25.0 Å². The molecule has 3 heterocycles. The number of ether oxygens (including phenoxy) is 2. The van der Waals surface area contributed by atoms with Crippen molar-refractivity contribution < 1.29 is 14.3 Å². The summed E-state index contributed by atoms with van der Waals surface area (Å²) in [6.07, 6.45) is 12.3. The Morgan fingerprint density at radius 3 is 2.86 bits per heavy atom. The average Bonchev–Trinajstić information content (AvgIpc) is 3.43. The molecule has 1 N–H and O–H groups in total. The number of likely N-dealkylation sites (tertiary alicyclic amines) is 1. The van der Waals surface area contributed by atoms with Gasteiger partial charge in [-0.3, -0.25) is 4.79 Å². The molecule has 0 spiro atoms. The van der Waals surface area contributed by atoms with E-state index in [2.05, 4.69) is 15.2 Å². The number of carbonyl (C=O) groups excluding carboxylic acids is 1. The molecule has 2 aliphatic carbocycles. The highest BCUT2D eigenvalue weighted by Gasteiger charge is 2.36. The number of aromatic nitrogens is 1. The SMILES string of the molecule is O=C(NCC1CCCN(CC2CCCC3CCCCC32)C1)c1csc(C2COc3ccccc3O2)n1. The van der Waals surface area contributed by atoms with Crippen LogP contribution in [0.3, 0.4) is 0 Å². The zero-order valence-electron chi connectivity index (χ0n) is 21.2. The Morgan fingerprint density at radius 2 is 1.92 bits per heavy atom. The molecule has 36 heavy (non-hydrogen) atoms. The van der Waals surface area contributed by atoms with Gasteiger partial charge in [-0.25, -0.2) is 4.98 Å². The van der Waals surface area contributed by atoms with E-state index in [4.69, 9.17) is 9.47 Å². The quantitative estimate of drug-likeness (QED) is 0.541. The van der Waals surface area contributed by atoms with Crippen molar-refractivity contribution in [3.63, 3.8) is 0 Å². The van der Waals surface area contributed by atoms with Crippen LogP contribution >= 0.6 is 11.3 Å². The molecule has 1 saturated heterocycles. The minimum Gasteiger partial charge on any atom is -0.485 e. The second-order valence-electron chi connectivity index (χ2n) is 11.3. The van der Waals surface area contributed by atoms with E-state index in [0.717, 1.165) is 47.3 Å². The maximum atomic E-state index is 12.9. The van der Waals surface area contributed by atoms with Crippen LogP contribution in [0.15, 0.2) is 29.6 Å². The van der Waals surface area contributed by atoms with E-state index in [9.17, 15) is 4.79 Å². The molecule has 0 radical (unpaired) electrons.